The van der Waals surface area contributed by atoms with Crippen molar-refractivity contribution in [2.24, 2.45) is 10.8 Å². The molecule has 1 fully saturated rings. The number of aromatic hydroxyl groups is 3. The highest BCUT2D eigenvalue weighted by Crippen LogP contribution is 2.49. The van der Waals surface area contributed by atoms with Crippen molar-refractivity contribution in [3.05, 3.63) is 17.2 Å². The molecule has 0 radical (unpaired) electrons. The van der Waals surface area contributed by atoms with Crippen LogP contribution in [0.2, 0.25) is 0 Å². The van der Waals surface area contributed by atoms with E-state index < -0.39 is 0 Å². The van der Waals surface area contributed by atoms with Crippen molar-refractivity contribution in [3.63, 3.8) is 0 Å². The van der Waals surface area contributed by atoms with Gasteiger partial charge in [-0.1, -0.05) is 53.4 Å². The van der Waals surface area contributed by atoms with Crippen LogP contribution in [0.3, 0.4) is 0 Å². The van der Waals surface area contributed by atoms with Crippen LogP contribution < -0.4 is 0 Å². The predicted molar refractivity (Wildman–Crippen MR) is 113 cm³/mol. The Morgan fingerprint density at radius 1 is 0.852 bits per heavy atom. The molecule has 3 nitrogen and oxygen atoms in total. The molecule has 0 atom stereocenters. The van der Waals surface area contributed by atoms with Gasteiger partial charge in [0.05, 0.1) is 0 Å². The Hall–Kier alpha value is -1.38. The first-order valence-electron chi connectivity index (χ1n) is 10.9. The molecular formula is C24H40O3. The summed E-state index contributed by atoms with van der Waals surface area (Å²) >= 11 is 0. The third-order valence-electron chi connectivity index (χ3n) is 6.13. The predicted octanol–water partition coefficient (Wildman–Crippen LogP) is 6.86. The minimum atomic E-state index is -0.369. The lowest BCUT2D eigenvalue weighted by molar-refractivity contribution is 0.357. The molecule has 27 heavy (non-hydrogen) atoms. The third kappa shape index (κ3) is 7.27. The largest absolute Gasteiger partial charge is 0.504 e. The fourth-order valence-corrected chi connectivity index (χ4v) is 3.88. The zero-order valence-corrected chi connectivity index (χ0v) is 17.9. The van der Waals surface area contributed by atoms with Crippen LogP contribution in [0.25, 0.3) is 0 Å². The van der Waals surface area contributed by atoms with Gasteiger partial charge < -0.3 is 15.3 Å². The molecular weight excluding hydrogens is 336 g/mol. The Labute approximate surface area is 165 Å². The lowest BCUT2D eigenvalue weighted by atomic mass is 9.89. The van der Waals surface area contributed by atoms with Gasteiger partial charge >= 0.3 is 0 Å². The molecule has 0 heterocycles. The number of benzene rings is 1. The summed E-state index contributed by atoms with van der Waals surface area (Å²) in [4.78, 5) is 0. The van der Waals surface area contributed by atoms with E-state index in [1.807, 2.05) is 0 Å². The number of aryl methyl sites for hydroxylation is 1. The van der Waals surface area contributed by atoms with Crippen molar-refractivity contribution >= 4 is 0 Å². The Balaban J connectivity index is 1.86. The maximum Gasteiger partial charge on any atom is 0.200 e. The Bertz CT molecular complexity index is 609. The fourth-order valence-electron chi connectivity index (χ4n) is 3.88. The molecule has 0 aromatic heterocycles. The van der Waals surface area contributed by atoms with Crippen molar-refractivity contribution < 1.29 is 15.3 Å². The maximum absolute atomic E-state index is 10.4. The molecule has 0 spiro atoms. The summed E-state index contributed by atoms with van der Waals surface area (Å²) < 4.78 is 0. The first kappa shape index (κ1) is 21.9. The molecule has 0 bridgehead atoms. The van der Waals surface area contributed by atoms with Crippen LogP contribution in [-0.4, -0.2) is 15.3 Å². The summed E-state index contributed by atoms with van der Waals surface area (Å²) in [5.41, 5.74) is 2.81. The molecule has 1 aliphatic rings. The zero-order chi connectivity index (χ0) is 20.1. The SMILES string of the molecule is CC(C)(C)CCCCCc1cc(O)c(O)c(O)c1CCCCCC1(C)CC1. The summed E-state index contributed by atoms with van der Waals surface area (Å²) in [5, 5.41) is 30.2. The smallest absolute Gasteiger partial charge is 0.200 e. The van der Waals surface area contributed by atoms with Crippen molar-refractivity contribution in [2.75, 3.05) is 0 Å². The van der Waals surface area contributed by atoms with Gasteiger partial charge in [-0.2, -0.15) is 0 Å². The van der Waals surface area contributed by atoms with Crippen LogP contribution in [0.1, 0.15) is 103 Å². The quantitative estimate of drug-likeness (QED) is 0.292. The van der Waals surface area contributed by atoms with E-state index >= 15 is 0 Å². The minimum Gasteiger partial charge on any atom is -0.504 e. The second kappa shape index (κ2) is 9.21. The zero-order valence-electron chi connectivity index (χ0n) is 17.9. The van der Waals surface area contributed by atoms with E-state index in [-0.39, 0.29) is 17.2 Å². The summed E-state index contributed by atoms with van der Waals surface area (Å²) in [6, 6.07) is 1.65. The molecule has 2 rings (SSSR count). The van der Waals surface area contributed by atoms with E-state index in [2.05, 4.69) is 27.7 Å². The van der Waals surface area contributed by atoms with E-state index in [1.165, 1.54) is 38.5 Å². The molecule has 0 unspecified atom stereocenters. The lowest BCUT2D eigenvalue weighted by Gasteiger charge is -2.18. The Morgan fingerprint density at radius 2 is 1.48 bits per heavy atom. The minimum absolute atomic E-state index is 0.117. The van der Waals surface area contributed by atoms with Crippen LogP contribution in [0.4, 0.5) is 0 Å². The number of phenols is 3. The summed E-state index contributed by atoms with van der Waals surface area (Å²) in [7, 11) is 0. The maximum atomic E-state index is 10.4. The molecule has 154 valence electrons. The number of phenolic OH excluding ortho intramolecular Hbond substituents is 3. The lowest BCUT2D eigenvalue weighted by Crippen LogP contribution is -2.04. The highest BCUT2D eigenvalue weighted by atomic mass is 16.3. The standard InChI is InChI=1S/C24H40O3/c1-23(2,3)13-9-5-7-11-18-17-20(25)22(27)21(26)19(18)12-8-6-10-14-24(4)15-16-24/h17,25-27H,5-16H2,1-4H3. The van der Waals surface area contributed by atoms with Gasteiger partial charge in [-0.05, 0) is 73.8 Å². The highest BCUT2D eigenvalue weighted by Gasteiger charge is 2.35. The fraction of sp³-hybridized carbons (Fsp3) is 0.750. The van der Waals surface area contributed by atoms with E-state index in [4.69, 9.17) is 0 Å². The van der Waals surface area contributed by atoms with Crippen molar-refractivity contribution in [1.29, 1.82) is 0 Å². The van der Waals surface area contributed by atoms with Gasteiger partial charge in [-0.25, -0.2) is 0 Å². The molecule has 0 aliphatic heterocycles. The molecule has 3 heteroatoms. The van der Waals surface area contributed by atoms with Gasteiger partial charge in [0, 0.05) is 5.56 Å². The summed E-state index contributed by atoms with van der Waals surface area (Å²) in [6.45, 7) is 9.18. The van der Waals surface area contributed by atoms with E-state index in [0.717, 1.165) is 49.7 Å². The van der Waals surface area contributed by atoms with Gasteiger partial charge in [-0.3, -0.25) is 0 Å². The first-order chi connectivity index (χ1) is 12.6. The Morgan fingerprint density at radius 3 is 2.11 bits per heavy atom. The normalized spacial score (nSPS) is 15.9. The number of hydrogen-bond acceptors (Lipinski definition) is 3. The van der Waals surface area contributed by atoms with Crippen LogP contribution in [0, 0.1) is 10.8 Å². The third-order valence-corrected chi connectivity index (χ3v) is 6.13. The number of hydrogen-bond donors (Lipinski definition) is 3. The second-order valence-corrected chi connectivity index (χ2v) is 10.2. The Kier molecular flexibility index (Phi) is 7.47. The molecule has 0 saturated heterocycles. The summed E-state index contributed by atoms with van der Waals surface area (Å²) in [6.07, 6.45) is 13.7. The first-order valence-corrected chi connectivity index (χ1v) is 10.9. The molecule has 1 aromatic carbocycles. The van der Waals surface area contributed by atoms with Gasteiger partial charge in [0.1, 0.15) is 0 Å². The van der Waals surface area contributed by atoms with Gasteiger partial charge in [0.25, 0.3) is 0 Å². The van der Waals surface area contributed by atoms with Crippen LogP contribution in [-0.2, 0) is 12.8 Å². The van der Waals surface area contributed by atoms with Crippen molar-refractivity contribution in [1.82, 2.24) is 0 Å². The van der Waals surface area contributed by atoms with E-state index in [0.29, 0.717) is 10.8 Å². The molecule has 0 amide bonds. The molecule has 3 N–H and O–H groups in total. The van der Waals surface area contributed by atoms with Crippen LogP contribution in [0.15, 0.2) is 6.07 Å². The topological polar surface area (TPSA) is 60.7 Å². The second-order valence-electron chi connectivity index (χ2n) is 10.2. The van der Waals surface area contributed by atoms with Gasteiger partial charge in [0.15, 0.2) is 11.5 Å². The number of unbranched alkanes of at least 4 members (excludes halogenated alkanes) is 4. The van der Waals surface area contributed by atoms with Crippen LogP contribution >= 0.6 is 0 Å². The molecule has 1 aliphatic carbocycles. The monoisotopic (exact) mass is 376 g/mol. The molecule has 1 aromatic rings. The average Bonchev–Trinajstić information content (AvgIpc) is 3.31. The summed E-state index contributed by atoms with van der Waals surface area (Å²) in [5.74, 6) is -0.691. The van der Waals surface area contributed by atoms with E-state index in [1.54, 1.807) is 6.07 Å². The highest BCUT2D eigenvalue weighted by molar-refractivity contribution is 5.57. The van der Waals surface area contributed by atoms with Gasteiger partial charge in [0.2, 0.25) is 5.75 Å². The average molecular weight is 377 g/mol. The molecule has 1 saturated carbocycles. The van der Waals surface area contributed by atoms with Crippen molar-refractivity contribution in [3.8, 4) is 17.2 Å². The van der Waals surface area contributed by atoms with Crippen LogP contribution in [0.5, 0.6) is 17.2 Å². The van der Waals surface area contributed by atoms with Gasteiger partial charge in [-0.15, -0.1) is 0 Å². The van der Waals surface area contributed by atoms with Crippen molar-refractivity contribution in [2.45, 2.75) is 105 Å². The number of rotatable bonds is 11. The van der Waals surface area contributed by atoms with E-state index in [9.17, 15) is 15.3 Å².